The number of fused-ring (bicyclic) bond motifs is 3. The Labute approximate surface area is 126 Å². The van der Waals surface area contributed by atoms with Crippen molar-refractivity contribution < 1.29 is 5.11 Å². The number of H-pyrrole nitrogens is 1. The average Bonchev–Trinajstić information content (AvgIpc) is 2.85. The van der Waals surface area contributed by atoms with Crippen LogP contribution >= 0.6 is 0 Å². The largest absolute Gasteiger partial charge is 0.389 e. The van der Waals surface area contributed by atoms with Crippen molar-refractivity contribution in [3.05, 3.63) is 35.5 Å². The number of nitrogens with zero attached hydrogens (tertiary/aromatic N) is 1. The van der Waals surface area contributed by atoms with Gasteiger partial charge in [-0.3, -0.25) is 4.90 Å². The van der Waals surface area contributed by atoms with Crippen molar-refractivity contribution in [3.8, 4) is 0 Å². The zero-order chi connectivity index (χ0) is 14.3. The summed E-state index contributed by atoms with van der Waals surface area (Å²) >= 11 is 0. The number of rotatable bonds is 2. The summed E-state index contributed by atoms with van der Waals surface area (Å²) in [5.41, 5.74) is 3.64. The number of β-amino-alcohol motifs (C(OH)–C–C–N with tert-alkyl or cyclic N) is 1. The molecule has 4 rings (SSSR count). The number of benzene rings is 1. The van der Waals surface area contributed by atoms with Crippen molar-refractivity contribution in [1.82, 2.24) is 9.88 Å². The molecule has 2 N–H and O–H groups in total. The molecule has 21 heavy (non-hydrogen) atoms. The Morgan fingerprint density at radius 1 is 1.14 bits per heavy atom. The van der Waals surface area contributed by atoms with E-state index in [1.807, 2.05) is 0 Å². The standard InChI is InChI=1S/C18H24N2O/c21-18(9-4-1-5-10-18)13-20-11-8-15-14-6-2-3-7-16(14)19-17(15)12-20/h2-3,6-7,19,21H,1,4-5,8-13H2. The van der Waals surface area contributed by atoms with Gasteiger partial charge in [-0.15, -0.1) is 0 Å². The fraction of sp³-hybridized carbons (Fsp3) is 0.556. The monoisotopic (exact) mass is 284 g/mol. The number of aromatic nitrogens is 1. The van der Waals surface area contributed by atoms with E-state index in [1.54, 1.807) is 0 Å². The van der Waals surface area contributed by atoms with Crippen LogP contribution in [0.3, 0.4) is 0 Å². The molecule has 2 heterocycles. The topological polar surface area (TPSA) is 39.3 Å². The molecule has 0 atom stereocenters. The minimum Gasteiger partial charge on any atom is -0.389 e. The highest BCUT2D eigenvalue weighted by Gasteiger charge is 2.32. The predicted octanol–water partition coefficient (Wildman–Crippen LogP) is 3.22. The molecule has 0 spiro atoms. The van der Waals surface area contributed by atoms with Gasteiger partial charge >= 0.3 is 0 Å². The number of hydrogen-bond donors (Lipinski definition) is 2. The first-order valence-electron chi connectivity index (χ1n) is 8.27. The molecule has 2 aromatic rings. The molecule has 1 saturated carbocycles. The molecular formula is C18H24N2O. The second-order valence-electron chi connectivity index (χ2n) is 6.87. The molecular weight excluding hydrogens is 260 g/mol. The fourth-order valence-electron chi connectivity index (χ4n) is 4.17. The third-order valence-electron chi connectivity index (χ3n) is 5.26. The smallest absolute Gasteiger partial charge is 0.0774 e. The van der Waals surface area contributed by atoms with E-state index >= 15 is 0 Å². The number of para-hydroxylation sites is 1. The van der Waals surface area contributed by atoms with Crippen LogP contribution in [0.25, 0.3) is 10.9 Å². The molecule has 0 amide bonds. The molecule has 2 aliphatic rings. The lowest BCUT2D eigenvalue weighted by Gasteiger charge is -2.38. The van der Waals surface area contributed by atoms with Gasteiger partial charge in [0.15, 0.2) is 0 Å². The van der Waals surface area contributed by atoms with Crippen molar-refractivity contribution in [2.45, 2.75) is 50.7 Å². The van der Waals surface area contributed by atoms with Gasteiger partial charge in [-0.1, -0.05) is 37.5 Å². The SMILES string of the molecule is OC1(CN2CCc3c([nH]c4ccccc34)C2)CCCCC1. The van der Waals surface area contributed by atoms with Crippen LogP contribution in [0.4, 0.5) is 0 Å². The molecule has 3 heteroatoms. The van der Waals surface area contributed by atoms with Crippen LogP contribution < -0.4 is 0 Å². The Hall–Kier alpha value is -1.32. The Morgan fingerprint density at radius 3 is 2.81 bits per heavy atom. The summed E-state index contributed by atoms with van der Waals surface area (Å²) in [7, 11) is 0. The maximum Gasteiger partial charge on any atom is 0.0774 e. The zero-order valence-corrected chi connectivity index (χ0v) is 12.6. The molecule has 112 valence electrons. The predicted molar refractivity (Wildman–Crippen MR) is 85.3 cm³/mol. The second-order valence-corrected chi connectivity index (χ2v) is 6.87. The minimum absolute atomic E-state index is 0.443. The first-order chi connectivity index (χ1) is 10.2. The van der Waals surface area contributed by atoms with E-state index < -0.39 is 5.60 Å². The Kier molecular flexibility index (Phi) is 3.27. The summed E-state index contributed by atoms with van der Waals surface area (Å²) in [4.78, 5) is 6.01. The van der Waals surface area contributed by atoms with Crippen LogP contribution in [-0.4, -0.2) is 33.7 Å². The molecule has 3 nitrogen and oxygen atoms in total. The highest BCUT2D eigenvalue weighted by atomic mass is 16.3. The molecule has 1 aromatic heterocycles. The van der Waals surface area contributed by atoms with Crippen LogP contribution in [0, 0.1) is 0 Å². The average molecular weight is 284 g/mol. The molecule has 0 radical (unpaired) electrons. The quantitative estimate of drug-likeness (QED) is 0.889. The first-order valence-corrected chi connectivity index (χ1v) is 8.27. The lowest BCUT2D eigenvalue weighted by Crippen LogP contribution is -2.46. The van der Waals surface area contributed by atoms with Gasteiger partial charge in [0.1, 0.15) is 0 Å². The van der Waals surface area contributed by atoms with Gasteiger partial charge in [0.05, 0.1) is 5.60 Å². The number of aromatic amines is 1. The summed E-state index contributed by atoms with van der Waals surface area (Å²) in [6.45, 7) is 2.85. The lowest BCUT2D eigenvalue weighted by molar-refractivity contribution is -0.0293. The van der Waals surface area contributed by atoms with Crippen LogP contribution in [0.1, 0.15) is 43.4 Å². The van der Waals surface area contributed by atoms with Crippen molar-refractivity contribution in [2.24, 2.45) is 0 Å². The lowest BCUT2D eigenvalue weighted by atomic mass is 9.84. The van der Waals surface area contributed by atoms with Crippen molar-refractivity contribution in [1.29, 1.82) is 0 Å². The summed E-state index contributed by atoms with van der Waals surface area (Å²) < 4.78 is 0. The van der Waals surface area contributed by atoms with Crippen molar-refractivity contribution in [2.75, 3.05) is 13.1 Å². The van der Waals surface area contributed by atoms with Crippen LogP contribution in [-0.2, 0) is 13.0 Å². The Bertz CT molecular complexity index is 640. The van der Waals surface area contributed by atoms with Crippen molar-refractivity contribution >= 4 is 10.9 Å². The molecule has 0 bridgehead atoms. The highest BCUT2D eigenvalue weighted by molar-refractivity contribution is 5.84. The van der Waals surface area contributed by atoms with E-state index in [0.717, 1.165) is 38.9 Å². The summed E-state index contributed by atoms with van der Waals surface area (Å²) in [6.07, 6.45) is 6.69. The first kappa shape index (κ1) is 13.4. The van der Waals surface area contributed by atoms with Gasteiger partial charge < -0.3 is 10.1 Å². The maximum atomic E-state index is 10.8. The van der Waals surface area contributed by atoms with Gasteiger partial charge in [0.25, 0.3) is 0 Å². The molecule has 1 fully saturated rings. The third kappa shape index (κ3) is 2.49. The minimum atomic E-state index is -0.443. The van der Waals surface area contributed by atoms with Gasteiger partial charge in [-0.25, -0.2) is 0 Å². The van der Waals surface area contributed by atoms with Gasteiger partial charge in [-0.05, 0) is 30.9 Å². The molecule has 0 saturated heterocycles. The van der Waals surface area contributed by atoms with Crippen molar-refractivity contribution in [3.63, 3.8) is 0 Å². The Morgan fingerprint density at radius 2 is 1.95 bits per heavy atom. The van der Waals surface area contributed by atoms with Gasteiger partial charge in [0, 0.05) is 36.2 Å². The van der Waals surface area contributed by atoms with E-state index in [-0.39, 0.29) is 0 Å². The zero-order valence-electron chi connectivity index (χ0n) is 12.6. The number of aliphatic hydroxyl groups is 1. The highest BCUT2D eigenvalue weighted by Crippen LogP contribution is 2.32. The van der Waals surface area contributed by atoms with E-state index in [1.165, 1.54) is 41.4 Å². The van der Waals surface area contributed by atoms with Gasteiger partial charge in [0.2, 0.25) is 0 Å². The molecule has 1 aliphatic carbocycles. The van der Waals surface area contributed by atoms with E-state index in [9.17, 15) is 5.11 Å². The van der Waals surface area contributed by atoms with Crippen LogP contribution in [0.15, 0.2) is 24.3 Å². The van der Waals surface area contributed by atoms with Gasteiger partial charge in [-0.2, -0.15) is 0 Å². The normalized spacial score (nSPS) is 22.3. The summed E-state index contributed by atoms with van der Waals surface area (Å²) in [6, 6.07) is 8.59. The number of nitrogens with one attached hydrogen (secondary N) is 1. The maximum absolute atomic E-state index is 10.8. The third-order valence-corrected chi connectivity index (χ3v) is 5.26. The second kappa shape index (κ2) is 5.15. The fourth-order valence-corrected chi connectivity index (χ4v) is 4.17. The van der Waals surface area contributed by atoms with E-state index in [0.29, 0.717) is 0 Å². The van der Waals surface area contributed by atoms with Crippen LogP contribution in [0.5, 0.6) is 0 Å². The Balaban J connectivity index is 1.54. The summed E-state index contributed by atoms with van der Waals surface area (Å²) in [5, 5.41) is 12.1. The van der Waals surface area contributed by atoms with E-state index in [2.05, 4.69) is 34.1 Å². The van der Waals surface area contributed by atoms with E-state index in [4.69, 9.17) is 0 Å². The molecule has 0 unspecified atom stereocenters. The number of hydrogen-bond acceptors (Lipinski definition) is 2. The summed E-state index contributed by atoms with van der Waals surface area (Å²) in [5.74, 6) is 0. The molecule has 1 aromatic carbocycles. The van der Waals surface area contributed by atoms with Crippen LogP contribution in [0.2, 0.25) is 0 Å². The molecule has 1 aliphatic heterocycles.